The molecule has 1 heterocycles. The number of aliphatic hydroxyl groups is 2. The normalized spacial score (nSPS) is 27.2. The molecule has 1 aromatic carbocycles. The van der Waals surface area contributed by atoms with Crippen molar-refractivity contribution in [2.24, 2.45) is 0 Å². The molecular formula is C13H16O5. The molecule has 0 radical (unpaired) electrons. The minimum Gasteiger partial charge on any atom is -0.459 e. The summed E-state index contributed by atoms with van der Waals surface area (Å²) in [5, 5.41) is 18.4. The molecule has 0 bridgehead atoms. The molecule has 1 aliphatic heterocycles. The molecule has 0 amide bonds. The molecule has 1 aromatic rings. The number of rotatable bonds is 3. The zero-order chi connectivity index (χ0) is 13.1. The van der Waals surface area contributed by atoms with E-state index in [-0.39, 0.29) is 13.0 Å². The molecule has 5 heteroatoms. The highest BCUT2D eigenvalue weighted by molar-refractivity contribution is 5.89. The second kappa shape index (κ2) is 5.48. The number of aryl methyl sites for hydroxylation is 1. The first-order chi connectivity index (χ1) is 8.56. The van der Waals surface area contributed by atoms with E-state index < -0.39 is 24.5 Å². The van der Waals surface area contributed by atoms with Crippen LogP contribution in [0.15, 0.2) is 24.3 Å². The number of hydrogen-bond donors (Lipinski definition) is 2. The third-order valence-corrected chi connectivity index (χ3v) is 2.85. The Morgan fingerprint density at radius 3 is 2.61 bits per heavy atom. The summed E-state index contributed by atoms with van der Waals surface area (Å²) in [6.07, 6.45) is -2.28. The van der Waals surface area contributed by atoms with E-state index in [1.165, 1.54) is 0 Å². The number of carbonyl (C=O) groups excluding carboxylic acids is 1. The summed E-state index contributed by atoms with van der Waals surface area (Å²) in [5.41, 5.74) is 1.54. The zero-order valence-electron chi connectivity index (χ0n) is 10.1. The van der Waals surface area contributed by atoms with E-state index in [9.17, 15) is 9.90 Å². The number of carbonyl (C=O) groups is 1. The first kappa shape index (κ1) is 13.0. The molecule has 0 aliphatic carbocycles. The van der Waals surface area contributed by atoms with Gasteiger partial charge in [-0.2, -0.15) is 0 Å². The number of benzene rings is 1. The van der Waals surface area contributed by atoms with Crippen LogP contribution in [0.5, 0.6) is 0 Å². The van der Waals surface area contributed by atoms with Gasteiger partial charge in [0, 0.05) is 6.42 Å². The lowest BCUT2D eigenvalue weighted by molar-refractivity contribution is -0.133. The van der Waals surface area contributed by atoms with Gasteiger partial charge >= 0.3 is 5.97 Å². The lowest BCUT2D eigenvalue weighted by atomic mass is 10.1. The highest BCUT2D eigenvalue weighted by atomic mass is 16.6. The Morgan fingerprint density at radius 1 is 1.39 bits per heavy atom. The van der Waals surface area contributed by atoms with Crippen molar-refractivity contribution in [3.63, 3.8) is 0 Å². The largest absolute Gasteiger partial charge is 0.459 e. The van der Waals surface area contributed by atoms with Crippen LogP contribution in [-0.4, -0.2) is 41.3 Å². The topological polar surface area (TPSA) is 76.0 Å². The molecular weight excluding hydrogens is 236 g/mol. The van der Waals surface area contributed by atoms with Gasteiger partial charge in [0.15, 0.2) is 6.29 Å². The third kappa shape index (κ3) is 3.07. The average Bonchev–Trinajstić information content (AvgIpc) is 2.67. The van der Waals surface area contributed by atoms with Gasteiger partial charge in [-0.15, -0.1) is 0 Å². The van der Waals surface area contributed by atoms with Gasteiger partial charge in [-0.3, -0.25) is 0 Å². The highest BCUT2D eigenvalue weighted by Gasteiger charge is 2.33. The fourth-order valence-electron chi connectivity index (χ4n) is 1.78. The Hall–Kier alpha value is -1.43. The smallest absolute Gasteiger partial charge is 0.338 e. The lowest BCUT2D eigenvalue weighted by Gasteiger charge is -2.10. The minimum absolute atomic E-state index is 0.0286. The van der Waals surface area contributed by atoms with Crippen LogP contribution in [0, 0.1) is 6.92 Å². The molecule has 18 heavy (non-hydrogen) atoms. The molecule has 0 spiro atoms. The van der Waals surface area contributed by atoms with Crippen LogP contribution < -0.4 is 0 Å². The van der Waals surface area contributed by atoms with E-state index in [4.69, 9.17) is 14.6 Å². The van der Waals surface area contributed by atoms with Gasteiger partial charge < -0.3 is 19.7 Å². The van der Waals surface area contributed by atoms with Crippen LogP contribution in [0.3, 0.4) is 0 Å². The summed E-state index contributed by atoms with van der Waals surface area (Å²) in [4.78, 5) is 11.7. The molecule has 1 aliphatic rings. The molecule has 0 saturated carbocycles. The number of aliphatic hydroxyl groups excluding tert-OH is 2. The molecule has 98 valence electrons. The Labute approximate surface area is 105 Å². The van der Waals surface area contributed by atoms with Crippen LogP contribution >= 0.6 is 0 Å². The summed E-state index contributed by atoms with van der Waals surface area (Å²) in [6.45, 7) is 1.96. The Morgan fingerprint density at radius 2 is 2.06 bits per heavy atom. The fourth-order valence-corrected chi connectivity index (χ4v) is 1.78. The summed E-state index contributed by atoms with van der Waals surface area (Å²) >= 11 is 0. The van der Waals surface area contributed by atoms with E-state index >= 15 is 0 Å². The van der Waals surface area contributed by atoms with Crippen molar-refractivity contribution in [1.82, 2.24) is 0 Å². The van der Waals surface area contributed by atoms with Crippen molar-refractivity contribution in [3.05, 3.63) is 35.4 Å². The predicted molar refractivity (Wildman–Crippen MR) is 63.0 cm³/mol. The minimum atomic E-state index is -1.19. The molecule has 1 fully saturated rings. The van der Waals surface area contributed by atoms with Crippen LogP contribution in [-0.2, 0) is 9.47 Å². The van der Waals surface area contributed by atoms with Crippen molar-refractivity contribution in [1.29, 1.82) is 0 Å². The summed E-state index contributed by atoms with van der Waals surface area (Å²) < 4.78 is 10.1. The molecule has 3 atom stereocenters. The molecule has 2 N–H and O–H groups in total. The van der Waals surface area contributed by atoms with Crippen molar-refractivity contribution in [2.45, 2.75) is 31.8 Å². The zero-order valence-corrected chi connectivity index (χ0v) is 10.1. The summed E-state index contributed by atoms with van der Waals surface area (Å²) in [6, 6.07) is 7.04. The molecule has 0 unspecified atom stereocenters. The molecule has 1 saturated heterocycles. The van der Waals surface area contributed by atoms with Crippen LogP contribution in [0.2, 0.25) is 0 Å². The number of ether oxygens (including phenoxy) is 2. The van der Waals surface area contributed by atoms with Gasteiger partial charge in [0.05, 0.1) is 11.7 Å². The van der Waals surface area contributed by atoms with Gasteiger partial charge in [0.1, 0.15) is 12.7 Å². The maximum Gasteiger partial charge on any atom is 0.338 e. The average molecular weight is 252 g/mol. The van der Waals surface area contributed by atoms with E-state index in [1.54, 1.807) is 12.1 Å². The number of esters is 1. The van der Waals surface area contributed by atoms with E-state index in [0.717, 1.165) is 5.56 Å². The quantitative estimate of drug-likeness (QED) is 0.771. The van der Waals surface area contributed by atoms with Crippen molar-refractivity contribution < 1.29 is 24.5 Å². The van der Waals surface area contributed by atoms with Crippen molar-refractivity contribution >= 4 is 5.97 Å². The van der Waals surface area contributed by atoms with Gasteiger partial charge in [0.25, 0.3) is 0 Å². The monoisotopic (exact) mass is 252 g/mol. The number of hydrogen-bond acceptors (Lipinski definition) is 5. The summed E-state index contributed by atoms with van der Waals surface area (Å²) in [7, 11) is 0. The van der Waals surface area contributed by atoms with Crippen LogP contribution in [0.1, 0.15) is 22.3 Å². The van der Waals surface area contributed by atoms with Gasteiger partial charge in [0.2, 0.25) is 0 Å². The van der Waals surface area contributed by atoms with Gasteiger partial charge in [-0.05, 0) is 19.1 Å². The predicted octanol–water partition coefficient (Wildman–Crippen LogP) is 0.620. The Balaban J connectivity index is 1.84. The Kier molecular flexibility index (Phi) is 3.96. The highest BCUT2D eigenvalue weighted by Crippen LogP contribution is 2.19. The third-order valence-electron chi connectivity index (χ3n) is 2.85. The van der Waals surface area contributed by atoms with E-state index in [1.807, 2.05) is 19.1 Å². The van der Waals surface area contributed by atoms with Gasteiger partial charge in [-0.25, -0.2) is 4.79 Å². The summed E-state index contributed by atoms with van der Waals surface area (Å²) in [5.74, 6) is -0.436. The van der Waals surface area contributed by atoms with Crippen molar-refractivity contribution in [2.75, 3.05) is 6.61 Å². The first-order valence-corrected chi connectivity index (χ1v) is 5.81. The molecule has 0 aromatic heterocycles. The maximum absolute atomic E-state index is 11.7. The molecule has 5 nitrogen and oxygen atoms in total. The standard InChI is InChI=1S/C13H16O5/c1-8-2-4-9(5-3-8)12(15)17-7-10-6-11(14)13(16)18-10/h2-5,10-11,13-14,16H,6-7H2,1H3/t10-,11+,13+/m0/s1. The first-order valence-electron chi connectivity index (χ1n) is 5.81. The SMILES string of the molecule is Cc1ccc(C(=O)OC[C@@H]2C[C@@H](O)[C@H](O)O2)cc1. The van der Waals surface area contributed by atoms with Gasteiger partial charge in [-0.1, -0.05) is 17.7 Å². The fraction of sp³-hybridized carbons (Fsp3) is 0.462. The molecule has 2 rings (SSSR count). The van der Waals surface area contributed by atoms with E-state index in [0.29, 0.717) is 5.56 Å². The second-order valence-corrected chi connectivity index (χ2v) is 4.42. The Bertz CT molecular complexity index is 404. The van der Waals surface area contributed by atoms with E-state index in [2.05, 4.69) is 0 Å². The second-order valence-electron chi connectivity index (χ2n) is 4.42. The van der Waals surface area contributed by atoms with Crippen LogP contribution in [0.4, 0.5) is 0 Å². The van der Waals surface area contributed by atoms with Crippen LogP contribution in [0.25, 0.3) is 0 Å². The van der Waals surface area contributed by atoms with Crippen molar-refractivity contribution in [3.8, 4) is 0 Å². The maximum atomic E-state index is 11.7. The lowest BCUT2D eigenvalue weighted by Crippen LogP contribution is -2.20.